The SMILES string of the molecule is Cc1ccc(Cl)c2c1N=C(c1c[nH]c(=O)c(C#N)c1)C2(C)C. The van der Waals surface area contributed by atoms with Gasteiger partial charge in [-0.15, -0.1) is 0 Å². The van der Waals surface area contributed by atoms with Gasteiger partial charge in [-0.05, 0) is 38.5 Å². The van der Waals surface area contributed by atoms with Crippen molar-refractivity contribution in [3.05, 3.63) is 62.0 Å². The fraction of sp³-hybridized carbons (Fsp3) is 0.235. The van der Waals surface area contributed by atoms with E-state index in [2.05, 4.69) is 4.98 Å². The third-order valence-corrected chi connectivity index (χ3v) is 4.38. The molecule has 0 saturated carbocycles. The van der Waals surface area contributed by atoms with E-state index in [-0.39, 0.29) is 5.56 Å². The minimum absolute atomic E-state index is 0.0785. The van der Waals surface area contributed by atoms with Gasteiger partial charge < -0.3 is 4.98 Å². The lowest BCUT2D eigenvalue weighted by molar-refractivity contribution is 0.737. The number of hydrogen-bond acceptors (Lipinski definition) is 3. The fourth-order valence-electron chi connectivity index (χ4n) is 2.91. The Morgan fingerprint density at radius 3 is 2.73 bits per heavy atom. The fourth-order valence-corrected chi connectivity index (χ4v) is 3.30. The molecule has 0 unspecified atom stereocenters. The third kappa shape index (κ3) is 1.98. The Bertz CT molecular complexity index is 916. The molecule has 3 rings (SSSR count). The number of hydrogen-bond donors (Lipinski definition) is 1. The molecule has 0 spiro atoms. The molecular weight excluding hydrogens is 298 g/mol. The van der Waals surface area contributed by atoms with E-state index in [4.69, 9.17) is 21.9 Å². The van der Waals surface area contributed by atoms with E-state index in [1.54, 1.807) is 12.3 Å². The monoisotopic (exact) mass is 311 g/mol. The standard InChI is InChI=1S/C17H14ClN3O/c1-9-4-5-12(18)13-14(9)21-15(17(13,2)3)11-6-10(7-19)16(22)20-8-11/h4-6,8H,1-3H3,(H,20,22). The van der Waals surface area contributed by atoms with E-state index >= 15 is 0 Å². The molecule has 0 fully saturated rings. The third-order valence-electron chi connectivity index (χ3n) is 4.07. The van der Waals surface area contributed by atoms with Crippen LogP contribution in [0, 0.1) is 18.3 Å². The molecule has 22 heavy (non-hydrogen) atoms. The molecule has 4 nitrogen and oxygen atoms in total. The van der Waals surface area contributed by atoms with E-state index in [1.165, 1.54) is 0 Å². The normalized spacial score (nSPS) is 15.1. The molecule has 1 aliphatic rings. The van der Waals surface area contributed by atoms with Gasteiger partial charge in [0.1, 0.15) is 11.6 Å². The predicted octanol–water partition coefficient (Wildman–Crippen LogP) is 3.62. The van der Waals surface area contributed by atoms with Gasteiger partial charge in [0.05, 0.1) is 11.4 Å². The van der Waals surface area contributed by atoms with Crippen LogP contribution in [-0.2, 0) is 5.41 Å². The molecule has 1 aromatic carbocycles. The maximum absolute atomic E-state index is 11.6. The van der Waals surface area contributed by atoms with Crippen molar-refractivity contribution in [2.45, 2.75) is 26.2 Å². The number of aliphatic imine (C=N–C) groups is 1. The molecule has 110 valence electrons. The maximum atomic E-state index is 11.6. The summed E-state index contributed by atoms with van der Waals surface area (Å²) in [7, 11) is 0. The first-order chi connectivity index (χ1) is 10.4. The highest BCUT2D eigenvalue weighted by Crippen LogP contribution is 2.47. The van der Waals surface area contributed by atoms with Crippen LogP contribution in [0.5, 0.6) is 0 Å². The molecule has 1 aliphatic heterocycles. The lowest BCUT2D eigenvalue weighted by Crippen LogP contribution is -2.27. The minimum atomic E-state index is -0.399. The van der Waals surface area contributed by atoms with Gasteiger partial charge in [-0.2, -0.15) is 5.26 Å². The Morgan fingerprint density at radius 1 is 1.36 bits per heavy atom. The van der Waals surface area contributed by atoms with Crippen LogP contribution in [0.4, 0.5) is 5.69 Å². The average Bonchev–Trinajstić information content (AvgIpc) is 2.76. The van der Waals surface area contributed by atoms with Crippen LogP contribution in [-0.4, -0.2) is 10.7 Å². The van der Waals surface area contributed by atoms with Gasteiger partial charge >= 0.3 is 0 Å². The second-order valence-electron chi connectivity index (χ2n) is 5.92. The van der Waals surface area contributed by atoms with Crippen LogP contribution < -0.4 is 5.56 Å². The van der Waals surface area contributed by atoms with E-state index in [0.717, 1.165) is 28.1 Å². The number of aromatic amines is 1. The van der Waals surface area contributed by atoms with E-state index < -0.39 is 11.0 Å². The number of H-pyrrole nitrogens is 1. The van der Waals surface area contributed by atoms with Gasteiger partial charge in [0, 0.05) is 27.8 Å². The zero-order valence-corrected chi connectivity index (χ0v) is 13.2. The number of benzene rings is 1. The van der Waals surface area contributed by atoms with Crippen molar-refractivity contribution in [2.24, 2.45) is 4.99 Å². The molecule has 0 bridgehead atoms. The Balaban J connectivity index is 2.25. The van der Waals surface area contributed by atoms with Gasteiger partial charge in [0.15, 0.2) is 0 Å². The van der Waals surface area contributed by atoms with E-state index in [0.29, 0.717) is 5.02 Å². The summed E-state index contributed by atoms with van der Waals surface area (Å²) in [6.07, 6.45) is 1.60. The van der Waals surface area contributed by atoms with Crippen LogP contribution in [0.2, 0.25) is 5.02 Å². The van der Waals surface area contributed by atoms with Gasteiger partial charge in [0.2, 0.25) is 0 Å². The minimum Gasteiger partial charge on any atom is -0.327 e. The summed E-state index contributed by atoms with van der Waals surface area (Å²) in [6, 6.07) is 7.30. The molecule has 0 atom stereocenters. The van der Waals surface area contributed by atoms with Crippen LogP contribution in [0.15, 0.2) is 34.2 Å². The number of nitrogens with zero attached hydrogens (tertiary/aromatic N) is 2. The summed E-state index contributed by atoms with van der Waals surface area (Å²) in [4.78, 5) is 18.9. The highest BCUT2D eigenvalue weighted by molar-refractivity contribution is 6.33. The highest BCUT2D eigenvalue weighted by atomic mass is 35.5. The number of nitriles is 1. The Morgan fingerprint density at radius 2 is 2.09 bits per heavy atom. The molecule has 0 aliphatic carbocycles. The second kappa shape index (κ2) is 4.82. The molecular formula is C17H14ClN3O. The predicted molar refractivity (Wildman–Crippen MR) is 87.2 cm³/mol. The van der Waals surface area contributed by atoms with Crippen molar-refractivity contribution >= 4 is 23.0 Å². The zero-order chi connectivity index (χ0) is 16.1. The summed E-state index contributed by atoms with van der Waals surface area (Å²) in [6.45, 7) is 6.07. The topological polar surface area (TPSA) is 69.0 Å². The molecule has 2 heterocycles. The summed E-state index contributed by atoms with van der Waals surface area (Å²) >= 11 is 6.38. The number of nitrogens with one attached hydrogen (secondary N) is 1. The molecule has 0 saturated heterocycles. The van der Waals surface area contributed by atoms with Gasteiger partial charge in [-0.1, -0.05) is 17.7 Å². The first-order valence-electron chi connectivity index (χ1n) is 6.88. The molecule has 2 aromatic rings. The van der Waals surface area contributed by atoms with Crippen LogP contribution >= 0.6 is 11.6 Å². The molecule has 0 amide bonds. The quantitative estimate of drug-likeness (QED) is 0.874. The van der Waals surface area contributed by atoms with Crippen LogP contribution in [0.3, 0.4) is 0 Å². The van der Waals surface area contributed by atoms with Crippen LogP contribution in [0.1, 0.15) is 36.1 Å². The van der Waals surface area contributed by atoms with Crippen molar-refractivity contribution in [2.75, 3.05) is 0 Å². The number of halogens is 1. The smallest absolute Gasteiger partial charge is 0.265 e. The first-order valence-corrected chi connectivity index (χ1v) is 7.26. The number of aromatic nitrogens is 1. The van der Waals surface area contributed by atoms with Crippen molar-refractivity contribution in [1.82, 2.24) is 4.98 Å². The van der Waals surface area contributed by atoms with Crippen LogP contribution in [0.25, 0.3) is 0 Å². The van der Waals surface area contributed by atoms with Crippen molar-refractivity contribution in [3.63, 3.8) is 0 Å². The van der Waals surface area contributed by atoms with Crippen molar-refractivity contribution < 1.29 is 0 Å². The number of rotatable bonds is 1. The number of pyridine rings is 1. The molecule has 1 aromatic heterocycles. The van der Waals surface area contributed by atoms with Crippen molar-refractivity contribution in [3.8, 4) is 6.07 Å². The Hall–Kier alpha value is -2.38. The summed E-state index contributed by atoms with van der Waals surface area (Å²) in [5.74, 6) is 0. The van der Waals surface area contributed by atoms with E-state index in [9.17, 15) is 4.79 Å². The zero-order valence-electron chi connectivity index (χ0n) is 12.5. The molecule has 5 heteroatoms. The molecule has 1 N–H and O–H groups in total. The highest BCUT2D eigenvalue weighted by Gasteiger charge is 2.38. The van der Waals surface area contributed by atoms with Gasteiger partial charge in [-0.25, -0.2) is 0 Å². The lowest BCUT2D eigenvalue weighted by Gasteiger charge is -2.23. The summed E-state index contributed by atoms with van der Waals surface area (Å²) < 4.78 is 0. The summed E-state index contributed by atoms with van der Waals surface area (Å²) in [5, 5.41) is 9.72. The average molecular weight is 312 g/mol. The number of fused-ring (bicyclic) bond motifs is 1. The summed E-state index contributed by atoms with van der Waals surface area (Å²) in [5.41, 5.74) is 3.71. The Kier molecular flexibility index (Phi) is 3.19. The van der Waals surface area contributed by atoms with Gasteiger partial charge in [0.25, 0.3) is 5.56 Å². The number of aryl methyl sites for hydroxylation is 1. The van der Waals surface area contributed by atoms with Crippen molar-refractivity contribution in [1.29, 1.82) is 5.26 Å². The van der Waals surface area contributed by atoms with E-state index in [1.807, 2.05) is 39.0 Å². The largest absolute Gasteiger partial charge is 0.327 e. The Labute approximate surface area is 133 Å². The lowest BCUT2D eigenvalue weighted by atomic mass is 9.78. The first kappa shape index (κ1) is 14.6. The molecule has 0 radical (unpaired) electrons. The maximum Gasteiger partial charge on any atom is 0.265 e. The van der Waals surface area contributed by atoms with Gasteiger partial charge in [-0.3, -0.25) is 9.79 Å². The second-order valence-corrected chi connectivity index (χ2v) is 6.32.